The number of nitrogens with one attached hydrogen (secondary N) is 1. The molecule has 2 heterocycles. The maximum atomic E-state index is 5.85. The molecule has 1 fully saturated rings. The van der Waals surface area contributed by atoms with Crippen molar-refractivity contribution in [3.05, 3.63) is 16.7 Å². The third kappa shape index (κ3) is 3.83. The number of rotatable bonds is 4. The zero-order valence-corrected chi connectivity index (χ0v) is 11.2. The van der Waals surface area contributed by atoms with Gasteiger partial charge in [-0.1, -0.05) is 0 Å². The van der Waals surface area contributed by atoms with Gasteiger partial charge in [-0.3, -0.25) is 4.90 Å². The molecule has 3 N–H and O–H groups in total. The summed E-state index contributed by atoms with van der Waals surface area (Å²) in [5.41, 5.74) is 6.52. The molecular weight excluding hydrogens is 284 g/mol. The van der Waals surface area contributed by atoms with E-state index in [4.69, 9.17) is 10.5 Å². The number of aromatic nitrogens is 1. The molecular formula is C11H17BrN4O. The first kappa shape index (κ1) is 12.6. The number of halogens is 1. The van der Waals surface area contributed by atoms with Crippen LogP contribution in [0.3, 0.4) is 0 Å². The Morgan fingerprint density at radius 3 is 2.94 bits per heavy atom. The van der Waals surface area contributed by atoms with Crippen molar-refractivity contribution in [2.24, 2.45) is 0 Å². The number of nitrogens with zero attached hydrogens (tertiary/aromatic N) is 2. The molecule has 0 unspecified atom stereocenters. The fourth-order valence-electron chi connectivity index (χ4n) is 1.76. The topological polar surface area (TPSA) is 63.4 Å². The summed E-state index contributed by atoms with van der Waals surface area (Å²) in [6.07, 6.45) is 1.74. The Labute approximate surface area is 109 Å². The number of anilines is 2. The van der Waals surface area contributed by atoms with Crippen LogP contribution in [0, 0.1) is 0 Å². The lowest BCUT2D eigenvalue weighted by Gasteiger charge is -2.26. The fraction of sp³-hybridized carbons (Fsp3) is 0.545. The average molecular weight is 301 g/mol. The average Bonchev–Trinajstić information content (AvgIpc) is 2.33. The Hall–Kier alpha value is -0.850. The Morgan fingerprint density at radius 2 is 2.24 bits per heavy atom. The predicted molar refractivity (Wildman–Crippen MR) is 72.1 cm³/mol. The molecule has 1 aliphatic rings. The van der Waals surface area contributed by atoms with Gasteiger partial charge in [-0.05, 0) is 22.0 Å². The summed E-state index contributed by atoms with van der Waals surface area (Å²) in [5, 5.41) is 3.25. The molecule has 0 aliphatic carbocycles. The number of hydrogen-bond donors (Lipinski definition) is 2. The molecule has 94 valence electrons. The van der Waals surface area contributed by atoms with E-state index in [9.17, 15) is 0 Å². The number of ether oxygens (including phenoxy) is 1. The Bertz CT molecular complexity index is 368. The van der Waals surface area contributed by atoms with Gasteiger partial charge in [0, 0.05) is 36.8 Å². The van der Waals surface area contributed by atoms with Crippen LogP contribution in [-0.4, -0.2) is 49.3 Å². The molecule has 1 aromatic rings. The number of morpholine rings is 1. The molecule has 1 aromatic heterocycles. The molecule has 5 nitrogen and oxygen atoms in total. The quantitative estimate of drug-likeness (QED) is 0.874. The standard InChI is InChI=1S/C11H17BrN4O/c12-9-7-10(13)11(15-8-9)14-1-2-16-3-5-17-6-4-16/h7-8H,1-6,13H2,(H,14,15). The van der Waals surface area contributed by atoms with E-state index < -0.39 is 0 Å². The smallest absolute Gasteiger partial charge is 0.149 e. The minimum Gasteiger partial charge on any atom is -0.396 e. The molecule has 0 radical (unpaired) electrons. The van der Waals surface area contributed by atoms with Gasteiger partial charge in [0.25, 0.3) is 0 Å². The predicted octanol–water partition coefficient (Wildman–Crippen LogP) is 1.17. The monoisotopic (exact) mass is 300 g/mol. The van der Waals surface area contributed by atoms with E-state index >= 15 is 0 Å². The van der Waals surface area contributed by atoms with E-state index in [-0.39, 0.29) is 0 Å². The van der Waals surface area contributed by atoms with E-state index in [0.29, 0.717) is 5.69 Å². The maximum Gasteiger partial charge on any atom is 0.149 e. The Kier molecular flexibility index (Phi) is 4.58. The first-order valence-electron chi connectivity index (χ1n) is 5.71. The number of nitrogens with two attached hydrogens (primary N) is 1. The molecule has 1 saturated heterocycles. The number of hydrogen-bond acceptors (Lipinski definition) is 5. The third-order valence-electron chi connectivity index (χ3n) is 2.71. The van der Waals surface area contributed by atoms with Crippen LogP contribution in [0.1, 0.15) is 0 Å². The van der Waals surface area contributed by atoms with Crippen molar-refractivity contribution < 1.29 is 4.74 Å². The summed E-state index contributed by atoms with van der Waals surface area (Å²) in [7, 11) is 0. The van der Waals surface area contributed by atoms with Crippen molar-refractivity contribution in [2.75, 3.05) is 50.4 Å². The van der Waals surface area contributed by atoms with Gasteiger partial charge in [0.2, 0.25) is 0 Å². The van der Waals surface area contributed by atoms with Gasteiger partial charge >= 0.3 is 0 Å². The van der Waals surface area contributed by atoms with Crippen LogP contribution in [-0.2, 0) is 4.74 Å². The van der Waals surface area contributed by atoms with Crippen molar-refractivity contribution in [2.45, 2.75) is 0 Å². The third-order valence-corrected chi connectivity index (χ3v) is 3.14. The Balaban J connectivity index is 1.77. The summed E-state index contributed by atoms with van der Waals surface area (Å²) in [5.74, 6) is 0.751. The van der Waals surface area contributed by atoms with Gasteiger partial charge in [0.15, 0.2) is 0 Å². The second-order valence-corrected chi connectivity index (χ2v) is 4.89. The summed E-state index contributed by atoms with van der Waals surface area (Å²) in [4.78, 5) is 6.60. The lowest BCUT2D eigenvalue weighted by atomic mass is 10.4. The van der Waals surface area contributed by atoms with E-state index in [1.807, 2.05) is 6.07 Å². The minimum absolute atomic E-state index is 0.668. The normalized spacial score (nSPS) is 17.0. The van der Waals surface area contributed by atoms with E-state index in [0.717, 1.165) is 49.7 Å². The lowest BCUT2D eigenvalue weighted by Crippen LogP contribution is -2.39. The highest BCUT2D eigenvalue weighted by atomic mass is 79.9. The SMILES string of the molecule is Nc1cc(Br)cnc1NCCN1CCOCC1. The van der Waals surface area contributed by atoms with Gasteiger partial charge in [0.1, 0.15) is 5.82 Å². The largest absolute Gasteiger partial charge is 0.396 e. The molecule has 0 bridgehead atoms. The molecule has 17 heavy (non-hydrogen) atoms. The van der Waals surface area contributed by atoms with Crippen LogP contribution in [0.5, 0.6) is 0 Å². The molecule has 0 amide bonds. The van der Waals surface area contributed by atoms with E-state index in [1.54, 1.807) is 6.20 Å². The van der Waals surface area contributed by atoms with Crippen molar-refractivity contribution in [3.8, 4) is 0 Å². The summed E-state index contributed by atoms with van der Waals surface area (Å²) in [6.45, 7) is 5.51. The molecule has 1 aliphatic heterocycles. The lowest BCUT2D eigenvalue weighted by molar-refractivity contribution is 0.0398. The van der Waals surface area contributed by atoms with Gasteiger partial charge in [0.05, 0.1) is 18.9 Å². The molecule has 6 heteroatoms. The second kappa shape index (κ2) is 6.18. The van der Waals surface area contributed by atoms with Crippen molar-refractivity contribution in [1.82, 2.24) is 9.88 Å². The number of pyridine rings is 1. The minimum atomic E-state index is 0.668. The zero-order valence-electron chi connectivity index (χ0n) is 9.66. The number of nitrogen functional groups attached to an aromatic ring is 1. The summed E-state index contributed by atoms with van der Waals surface area (Å²) >= 11 is 3.33. The molecule has 0 atom stereocenters. The zero-order chi connectivity index (χ0) is 12.1. The van der Waals surface area contributed by atoms with Gasteiger partial charge in [-0.25, -0.2) is 4.98 Å². The molecule has 0 saturated carbocycles. The van der Waals surface area contributed by atoms with E-state index in [2.05, 4.69) is 31.1 Å². The van der Waals surface area contributed by atoms with Crippen LogP contribution in [0.25, 0.3) is 0 Å². The summed E-state index contributed by atoms with van der Waals surface area (Å²) in [6, 6.07) is 1.85. The molecule has 2 rings (SSSR count). The first-order chi connectivity index (χ1) is 8.25. The van der Waals surface area contributed by atoms with E-state index in [1.165, 1.54) is 0 Å². The highest BCUT2D eigenvalue weighted by Crippen LogP contribution is 2.19. The molecule has 0 aromatic carbocycles. The summed E-state index contributed by atoms with van der Waals surface area (Å²) < 4.78 is 6.19. The van der Waals surface area contributed by atoms with Crippen LogP contribution in [0.2, 0.25) is 0 Å². The van der Waals surface area contributed by atoms with Crippen LogP contribution >= 0.6 is 15.9 Å². The van der Waals surface area contributed by atoms with Crippen LogP contribution in [0.4, 0.5) is 11.5 Å². The van der Waals surface area contributed by atoms with Crippen molar-refractivity contribution in [1.29, 1.82) is 0 Å². The second-order valence-electron chi connectivity index (χ2n) is 3.97. The maximum absolute atomic E-state index is 5.85. The molecule has 0 spiro atoms. The van der Waals surface area contributed by atoms with Crippen molar-refractivity contribution >= 4 is 27.4 Å². The van der Waals surface area contributed by atoms with Gasteiger partial charge in [-0.15, -0.1) is 0 Å². The van der Waals surface area contributed by atoms with Gasteiger partial charge < -0.3 is 15.8 Å². The highest BCUT2D eigenvalue weighted by molar-refractivity contribution is 9.10. The Morgan fingerprint density at radius 1 is 1.47 bits per heavy atom. The fourth-order valence-corrected chi connectivity index (χ4v) is 2.11. The van der Waals surface area contributed by atoms with Gasteiger partial charge in [-0.2, -0.15) is 0 Å². The highest BCUT2D eigenvalue weighted by Gasteiger charge is 2.09. The first-order valence-corrected chi connectivity index (χ1v) is 6.50. The van der Waals surface area contributed by atoms with Crippen LogP contribution < -0.4 is 11.1 Å². The van der Waals surface area contributed by atoms with Crippen molar-refractivity contribution in [3.63, 3.8) is 0 Å². The van der Waals surface area contributed by atoms with Crippen LogP contribution in [0.15, 0.2) is 16.7 Å².